The molecule has 1 saturated heterocycles. The van der Waals surface area contributed by atoms with Gasteiger partial charge in [-0.05, 0) is 56.8 Å². The Hall–Kier alpha value is -2.45. The molecule has 2 aromatic heterocycles. The summed E-state index contributed by atoms with van der Waals surface area (Å²) in [5.41, 5.74) is 4.27. The number of pyridine rings is 1. The van der Waals surface area contributed by atoms with Crippen molar-refractivity contribution in [3.8, 4) is 0 Å². The standard InChI is InChI=1S/C21H28N4O3S/c1-5-28-18(26)13-25-20(16-12-14(2)24(15(16)3)10-11-27-4)19(23-21(25)29)17-8-6-7-9-22-17/h6-9,12,19-20H,5,10-11,13H2,1-4H3,(H,23,29)/t19-,20+/m0/s1. The molecule has 29 heavy (non-hydrogen) atoms. The Kier molecular flexibility index (Phi) is 6.87. The summed E-state index contributed by atoms with van der Waals surface area (Å²) < 4.78 is 12.7. The number of aryl methyl sites for hydroxylation is 1. The van der Waals surface area contributed by atoms with Gasteiger partial charge in [0.2, 0.25) is 0 Å². The first-order valence-electron chi connectivity index (χ1n) is 9.77. The van der Waals surface area contributed by atoms with E-state index < -0.39 is 0 Å². The molecule has 1 aliphatic heterocycles. The monoisotopic (exact) mass is 416 g/mol. The predicted octanol–water partition coefficient (Wildman–Crippen LogP) is 2.68. The summed E-state index contributed by atoms with van der Waals surface area (Å²) in [6.07, 6.45) is 1.77. The molecule has 1 N–H and O–H groups in total. The van der Waals surface area contributed by atoms with Gasteiger partial charge in [-0.2, -0.15) is 0 Å². The second kappa shape index (κ2) is 9.37. The minimum atomic E-state index is -0.295. The lowest BCUT2D eigenvalue weighted by Gasteiger charge is -2.27. The van der Waals surface area contributed by atoms with Crippen molar-refractivity contribution in [3.63, 3.8) is 0 Å². The average molecular weight is 417 g/mol. The van der Waals surface area contributed by atoms with E-state index in [4.69, 9.17) is 21.7 Å². The number of nitrogens with zero attached hydrogens (tertiary/aromatic N) is 3. The molecule has 0 bridgehead atoms. The van der Waals surface area contributed by atoms with Crippen molar-refractivity contribution in [2.24, 2.45) is 0 Å². The van der Waals surface area contributed by atoms with Gasteiger partial charge in [0.1, 0.15) is 6.54 Å². The molecule has 0 unspecified atom stereocenters. The maximum Gasteiger partial charge on any atom is 0.325 e. The highest BCUT2D eigenvalue weighted by molar-refractivity contribution is 7.80. The Morgan fingerprint density at radius 3 is 2.79 bits per heavy atom. The maximum atomic E-state index is 12.3. The van der Waals surface area contributed by atoms with E-state index in [0.29, 0.717) is 18.3 Å². The van der Waals surface area contributed by atoms with Crippen LogP contribution in [-0.4, -0.2) is 52.4 Å². The van der Waals surface area contributed by atoms with E-state index in [1.165, 1.54) is 0 Å². The van der Waals surface area contributed by atoms with Crippen molar-refractivity contribution in [1.29, 1.82) is 0 Å². The fourth-order valence-electron chi connectivity index (χ4n) is 3.91. The van der Waals surface area contributed by atoms with Gasteiger partial charge >= 0.3 is 5.97 Å². The first-order valence-corrected chi connectivity index (χ1v) is 10.2. The third kappa shape index (κ3) is 4.43. The van der Waals surface area contributed by atoms with E-state index in [1.807, 2.05) is 23.1 Å². The van der Waals surface area contributed by atoms with Crippen LogP contribution in [0.25, 0.3) is 0 Å². The van der Waals surface area contributed by atoms with E-state index >= 15 is 0 Å². The van der Waals surface area contributed by atoms with Gasteiger partial charge in [-0.1, -0.05) is 6.07 Å². The number of thiocarbonyl (C=S) groups is 1. The van der Waals surface area contributed by atoms with Gasteiger partial charge in [0, 0.05) is 31.2 Å². The van der Waals surface area contributed by atoms with Crippen LogP contribution in [0.5, 0.6) is 0 Å². The summed E-state index contributed by atoms with van der Waals surface area (Å²) in [5.74, 6) is -0.295. The van der Waals surface area contributed by atoms with Gasteiger partial charge in [0.25, 0.3) is 0 Å². The van der Waals surface area contributed by atoms with Crippen LogP contribution in [0, 0.1) is 13.8 Å². The zero-order valence-electron chi connectivity index (χ0n) is 17.3. The van der Waals surface area contributed by atoms with E-state index in [-0.39, 0.29) is 24.6 Å². The number of hydrogen-bond donors (Lipinski definition) is 1. The van der Waals surface area contributed by atoms with Crippen LogP contribution in [-0.2, 0) is 20.8 Å². The number of aromatic nitrogens is 2. The molecule has 0 aliphatic carbocycles. The first-order chi connectivity index (χ1) is 14.0. The van der Waals surface area contributed by atoms with Crippen LogP contribution in [0.1, 0.15) is 41.7 Å². The van der Waals surface area contributed by atoms with Gasteiger partial charge in [-0.3, -0.25) is 9.78 Å². The van der Waals surface area contributed by atoms with E-state index in [2.05, 4.69) is 34.8 Å². The largest absolute Gasteiger partial charge is 0.465 e. The fourth-order valence-corrected chi connectivity index (χ4v) is 4.22. The van der Waals surface area contributed by atoms with E-state index in [1.54, 1.807) is 20.2 Å². The van der Waals surface area contributed by atoms with Crippen molar-refractivity contribution in [3.05, 3.63) is 53.1 Å². The number of methoxy groups -OCH3 is 1. The molecule has 156 valence electrons. The smallest absolute Gasteiger partial charge is 0.325 e. The lowest BCUT2D eigenvalue weighted by atomic mass is 9.97. The van der Waals surface area contributed by atoms with Gasteiger partial charge in [-0.25, -0.2) is 0 Å². The predicted molar refractivity (Wildman–Crippen MR) is 115 cm³/mol. The van der Waals surface area contributed by atoms with Crippen LogP contribution < -0.4 is 5.32 Å². The number of carbonyl (C=O) groups excluding carboxylic acids is 1. The SMILES string of the molecule is CCOC(=O)CN1C(=S)N[C@@H](c2ccccn2)[C@H]1c1cc(C)n(CCOC)c1C. The number of hydrogen-bond acceptors (Lipinski definition) is 5. The minimum Gasteiger partial charge on any atom is -0.465 e. The molecular formula is C21H28N4O3S. The molecule has 0 spiro atoms. The average Bonchev–Trinajstić information content (AvgIpc) is 3.17. The lowest BCUT2D eigenvalue weighted by Crippen LogP contribution is -2.35. The quantitative estimate of drug-likeness (QED) is 0.524. The second-order valence-electron chi connectivity index (χ2n) is 7.03. The summed E-state index contributed by atoms with van der Waals surface area (Å²) >= 11 is 5.60. The Morgan fingerprint density at radius 2 is 2.14 bits per heavy atom. The van der Waals surface area contributed by atoms with Crippen LogP contribution in [0.15, 0.2) is 30.5 Å². The van der Waals surface area contributed by atoms with E-state index in [0.717, 1.165) is 29.2 Å². The molecule has 0 amide bonds. The normalized spacial score (nSPS) is 18.8. The summed E-state index contributed by atoms with van der Waals surface area (Å²) in [7, 11) is 1.70. The summed E-state index contributed by atoms with van der Waals surface area (Å²) in [4.78, 5) is 18.7. The summed E-state index contributed by atoms with van der Waals surface area (Å²) in [6, 6.07) is 7.67. The highest BCUT2D eigenvalue weighted by Crippen LogP contribution is 2.40. The van der Waals surface area contributed by atoms with Gasteiger partial charge in [-0.15, -0.1) is 0 Å². The number of esters is 1. The van der Waals surface area contributed by atoms with Crippen molar-refractivity contribution < 1.29 is 14.3 Å². The van der Waals surface area contributed by atoms with Crippen LogP contribution in [0.2, 0.25) is 0 Å². The topological polar surface area (TPSA) is 68.6 Å². The molecule has 0 aromatic carbocycles. The molecule has 3 rings (SSSR count). The Bertz CT molecular complexity index is 868. The van der Waals surface area contributed by atoms with E-state index in [9.17, 15) is 4.79 Å². The minimum absolute atomic E-state index is 0.0927. The number of nitrogens with one attached hydrogen (secondary N) is 1. The number of carbonyl (C=O) groups is 1. The zero-order valence-corrected chi connectivity index (χ0v) is 18.2. The molecule has 3 heterocycles. The van der Waals surface area contributed by atoms with Crippen molar-refractivity contribution >= 4 is 23.3 Å². The van der Waals surface area contributed by atoms with Gasteiger partial charge < -0.3 is 24.3 Å². The molecule has 1 fully saturated rings. The Labute approximate surface area is 177 Å². The molecule has 0 radical (unpaired) electrons. The highest BCUT2D eigenvalue weighted by atomic mass is 32.1. The molecule has 2 aromatic rings. The lowest BCUT2D eigenvalue weighted by molar-refractivity contribution is -0.143. The first kappa shape index (κ1) is 21.3. The molecule has 2 atom stereocenters. The summed E-state index contributed by atoms with van der Waals surface area (Å²) in [6.45, 7) is 7.81. The number of rotatable bonds is 8. The highest BCUT2D eigenvalue weighted by Gasteiger charge is 2.42. The third-order valence-electron chi connectivity index (χ3n) is 5.25. The van der Waals surface area contributed by atoms with Crippen molar-refractivity contribution in [2.45, 2.75) is 39.4 Å². The van der Waals surface area contributed by atoms with Crippen molar-refractivity contribution in [1.82, 2.24) is 19.8 Å². The second-order valence-corrected chi connectivity index (χ2v) is 7.42. The molecule has 8 heteroatoms. The van der Waals surface area contributed by atoms with Crippen LogP contribution in [0.4, 0.5) is 0 Å². The Balaban J connectivity index is 2.02. The zero-order chi connectivity index (χ0) is 21.0. The third-order valence-corrected chi connectivity index (χ3v) is 5.61. The maximum absolute atomic E-state index is 12.3. The van der Waals surface area contributed by atoms with Gasteiger partial charge in [0.15, 0.2) is 5.11 Å². The molecule has 7 nitrogen and oxygen atoms in total. The number of ether oxygens (including phenoxy) is 2. The molecule has 1 aliphatic rings. The Morgan fingerprint density at radius 1 is 1.34 bits per heavy atom. The van der Waals surface area contributed by atoms with Gasteiger partial charge in [0.05, 0.1) is 31.0 Å². The fraction of sp³-hybridized carbons (Fsp3) is 0.476. The van der Waals surface area contributed by atoms with Crippen LogP contribution in [0.3, 0.4) is 0 Å². The molecule has 0 saturated carbocycles. The summed E-state index contributed by atoms with van der Waals surface area (Å²) in [5, 5.41) is 3.90. The van der Waals surface area contributed by atoms with Crippen LogP contribution >= 0.6 is 12.2 Å². The van der Waals surface area contributed by atoms with Crippen molar-refractivity contribution in [2.75, 3.05) is 26.9 Å². The molecular weight excluding hydrogens is 388 g/mol.